The van der Waals surface area contributed by atoms with Crippen LogP contribution in [0, 0.1) is 0 Å². The Labute approximate surface area is 105 Å². The monoisotopic (exact) mass is 238 g/mol. The summed E-state index contributed by atoms with van der Waals surface area (Å²) in [4.78, 5) is 2.70. The van der Waals surface area contributed by atoms with Crippen molar-refractivity contribution in [1.82, 2.24) is 10.2 Å². The zero-order valence-electron chi connectivity index (χ0n) is 10.9. The fraction of sp³-hybridized carbons (Fsp3) is 1.00. The van der Waals surface area contributed by atoms with Gasteiger partial charge >= 0.3 is 0 Å². The Kier molecular flexibility index (Phi) is 3.99. The summed E-state index contributed by atoms with van der Waals surface area (Å²) >= 11 is 0. The summed E-state index contributed by atoms with van der Waals surface area (Å²) < 4.78 is 5.52. The first-order valence-electron chi connectivity index (χ1n) is 7.49. The molecule has 3 fully saturated rings. The van der Waals surface area contributed by atoms with Crippen molar-refractivity contribution >= 4 is 0 Å². The molecule has 2 saturated heterocycles. The van der Waals surface area contributed by atoms with Crippen LogP contribution >= 0.6 is 0 Å². The molecule has 0 amide bonds. The number of likely N-dealkylation sites (tertiary alicyclic amines) is 1. The number of rotatable bonds is 3. The lowest BCUT2D eigenvalue weighted by atomic mass is 10.0. The largest absolute Gasteiger partial charge is 0.381 e. The third-order valence-electron chi connectivity index (χ3n) is 4.52. The summed E-state index contributed by atoms with van der Waals surface area (Å²) in [5.41, 5.74) is 0. The molecule has 3 aliphatic rings. The van der Waals surface area contributed by atoms with Gasteiger partial charge in [-0.15, -0.1) is 0 Å². The SMILES string of the molecule is C1COCCC(NC2CCN(C3CC3)CC2)C1. The van der Waals surface area contributed by atoms with Crippen molar-refractivity contribution in [2.45, 2.75) is 63.1 Å². The second-order valence-electron chi connectivity index (χ2n) is 5.95. The van der Waals surface area contributed by atoms with Gasteiger partial charge in [0.15, 0.2) is 0 Å². The molecule has 1 aliphatic carbocycles. The van der Waals surface area contributed by atoms with E-state index in [1.165, 1.54) is 58.0 Å². The second kappa shape index (κ2) is 5.68. The van der Waals surface area contributed by atoms with E-state index in [1.807, 2.05) is 0 Å². The highest BCUT2D eigenvalue weighted by Crippen LogP contribution is 2.29. The standard InChI is InChI=1S/C14H26N2O/c1-2-12(7-11-17-10-1)15-13-5-8-16(9-6-13)14-3-4-14/h12-15H,1-11H2. The van der Waals surface area contributed by atoms with Crippen LogP contribution in [0.2, 0.25) is 0 Å². The van der Waals surface area contributed by atoms with Gasteiger partial charge in [0.2, 0.25) is 0 Å². The van der Waals surface area contributed by atoms with E-state index in [0.717, 1.165) is 31.3 Å². The van der Waals surface area contributed by atoms with Crippen LogP contribution in [0.1, 0.15) is 44.9 Å². The molecule has 2 aliphatic heterocycles. The topological polar surface area (TPSA) is 24.5 Å². The molecule has 3 rings (SSSR count). The molecule has 98 valence electrons. The summed E-state index contributed by atoms with van der Waals surface area (Å²) in [6, 6.07) is 2.45. The van der Waals surface area contributed by atoms with Gasteiger partial charge < -0.3 is 15.0 Å². The highest BCUT2D eigenvalue weighted by molar-refractivity contribution is 4.89. The number of ether oxygens (including phenoxy) is 1. The fourth-order valence-corrected chi connectivity index (χ4v) is 3.27. The highest BCUT2D eigenvalue weighted by Gasteiger charge is 2.32. The minimum Gasteiger partial charge on any atom is -0.381 e. The van der Waals surface area contributed by atoms with Gasteiger partial charge in [-0.05, 0) is 58.0 Å². The molecule has 0 bridgehead atoms. The summed E-state index contributed by atoms with van der Waals surface area (Å²) in [5.74, 6) is 0. The number of piperidine rings is 1. The molecule has 0 aromatic carbocycles. The third kappa shape index (κ3) is 3.43. The zero-order valence-corrected chi connectivity index (χ0v) is 10.9. The van der Waals surface area contributed by atoms with Crippen LogP contribution in [0.4, 0.5) is 0 Å². The minimum absolute atomic E-state index is 0.718. The van der Waals surface area contributed by atoms with E-state index in [4.69, 9.17) is 4.74 Å². The Balaban J connectivity index is 1.40. The van der Waals surface area contributed by atoms with Gasteiger partial charge in [0.1, 0.15) is 0 Å². The molecule has 1 unspecified atom stereocenters. The van der Waals surface area contributed by atoms with Gasteiger partial charge in [0.25, 0.3) is 0 Å². The van der Waals surface area contributed by atoms with Crippen LogP contribution in [0.15, 0.2) is 0 Å². The van der Waals surface area contributed by atoms with Gasteiger partial charge in [-0.2, -0.15) is 0 Å². The molecule has 0 radical (unpaired) electrons. The predicted molar refractivity (Wildman–Crippen MR) is 69.2 cm³/mol. The van der Waals surface area contributed by atoms with Gasteiger partial charge in [-0.1, -0.05) is 0 Å². The first-order valence-corrected chi connectivity index (χ1v) is 7.49. The van der Waals surface area contributed by atoms with Crippen LogP contribution in [0.3, 0.4) is 0 Å². The lowest BCUT2D eigenvalue weighted by Crippen LogP contribution is -2.46. The molecular formula is C14H26N2O. The van der Waals surface area contributed by atoms with Crippen molar-refractivity contribution in [2.75, 3.05) is 26.3 Å². The first kappa shape index (κ1) is 11.9. The average Bonchev–Trinajstić information content (AvgIpc) is 3.17. The van der Waals surface area contributed by atoms with Crippen molar-refractivity contribution in [3.63, 3.8) is 0 Å². The lowest BCUT2D eigenvalue weighted by Gasteiger charge is -2.34. The van der Waals surface area contributed by atoms with E-state index < -0.39 is 0 Å². The van der Waals surface area contributed by atoms with Gasteiger partial charge in [-0.3, -0.25) is 0 Å². The number of nitrogens with zero attached hydrogens (tertiary/aromatic N) is 1. The van der Waals surface area contributed by atoms with Crippen LogP contribution in [0.5, 0.6) is 0 Å². The Hall–Kier alpha value is -0.120. The molecule has 1 N–H and O–H groups in total. The third-order valence-corrected chi connectivity index (χ3v) is 4.52. The van der Waals surface area contributed by atoms with Crippen LogP contribution in [-0.4, -0.2) is 49.3 Å². The number of hydrogen-bond donors (Lipinski definition) is 1. The zero-order chi connectivity index (χ0) is 11.5. The average molecular weight is 238 g/mol. The molecule has 1 saturated carbocycles. The van der Waals surface area contributed by atoms with E-state index in [0.29, 0.717) is 0 Å². The van der Waals surface area contributed by atoms with E-state index >= 15 is 0 Å². The van der Waals surface area contributed by atoms with Crippen LogP contribution in [0.25, 0.3) is 0 Å². The molecule has 3 heteroatoms. The molecule has 1 atom stereocenters. The maximum atomic E-state index is 5.52. The molecule has 0 aromatic heterocycles. The van der Waals surface area contributed by atoms with Crippen molar-refractivity contribution in [1.29, 1.82) is 0 Å². The van der Waals surface area contributed by atoms with Gasteiger partial charge in [0, 0.05) is 31.3 Å². The van der Waals surface area contributed by atoms with Crippen molar-refractivity contribution in [3.8, 4) is 0 Å². The smallest absolute Gasteiger partial charge is 0.0480 e. The van der Waals surface area contributed by atoms with Crippen molar-refractivity contribution < 1.29 is 4.74 Å². The Bertz CT molecular complexity index is 226. The van der Waals surface area contributed by atoms with E-state index in [9.17, 15) is 0 Å². The molecular weight excluding hydrogens is 212 g/mol. The predicted octanol–water partition coefficient (Wildman–Crippen LogP) is 1.77. The quantitative estimate of drug-likeness (QED) is 0.811. The maximum absolute atomic E-state index is 5.52. The Morgan fingerprint density at radius 2 is 1.59 bits per heavy atom. The first-order chi connectivity index (χ1) is 8.42. The summed E-state index contributed by atoms with van der Waals surface area (Å²) in [6.07, 6.45) is 9.38. The molecule has 17 heavy (non-hydrogen) atoms. The number of nitrogens with one attached hydrogen (secondary N) is 1. The summed E-state index contributed by atoms with van der Waals surface area (Å²) in [5, 5.41) is 3.87. The number of hydrogen-bond acceptors (Lipinski definition) is 3. The van der Waals surface area contributed by atoms with E-state index in [1.54, 1.807) is 0 Å². The van der Waals surface area contributed by atoms with Gasteiger partial charge in [0.05, 0.1) is 0 Å². The lowest BCUT2D eigenvalue weighted by molar-refractivity contribution is 0.140. The van der Waals surface area contributed by atoms with E-state index in [-0.39, 0.29) is 0 Å². The Morgan fingerprint density at radius 3 is 2.35 bits per heavy atom. The van der Waals surface area contributed by atoms with Crippen LogP contribution < -0.4 is 5.32 Å². The maximum Gasteiger partial charge on any atom is 0.0480 e. The molecule has 3 nitrogen and oxygen atoms in total. The molecule has 0 aromatic rings. The van der Waals surface area contributed by atoms with Gasteiger partial charge in [-0.25, -0.2) is 0 Å². The summed E-state index contributed by atoms with van der Waals surface area (Å²) in [7, 11) is 0. The minimum atomic E-state index is 0.718. The van der Waals surface area contributed by atoms with Crippen LogP contribution in [-0.2, 0) is 4.74 Å². The molecule has 2 heterocycles. The van der Waals surface area contributed by atoms with Crippen molar-refractivity contribution in [2.24, 2.45) is 0 Å². The fourth-order valence-electron chi connectivity index (χ4n) is 3.27. The normalized spacial score (nSPS) is 33.5. The Morgan fingerprint density at radius 1 is 0.824 bits per heavy atom. The second-order valence-corrected chi connectivity index (χ2v) is 5.95. The summed E-state index contributed by atoms with van der Waals surface area (Å²) in [6.45, 7) is 4.58. The van der Waals surface area contributed by atoms with Crippen molar-refractivity contribution in [3.05, 3.63) is 0 Å². The molecule has 0 spiro atoms. The highest BCUT2D eigenvalue weighted by atomic mass is 16.5. The van der Waals surface area contributed by atoms with E-state index in [2.05, 4.69) is 10.2 Å².